The number of halogens is 1. The maximum absolute atomic E-state index is 5.53. The molecule has 1 heteroatoms. The molecule has 16 heavy (non-hydrogen) atoms. The molecule has 0 N–H and O–H groups in total. The molecular weight excluding hydrogens is 216 g/mol. The fraction of sp³-hybridized carbons (Fsp3) is 0.0667. The highest BCUT2D eigenvalue weighted by molar-refractivity contribution is 6.17. The van der Waals surface area contributed by atoms with E-state index < -0.39 is 0 Å². The van der Waals surface area contributed by atoms with E-state index in [-0.39, 0.29) is 0 Å². The standard InChI is InChI=1S/C8H8.C7H7Cl/c1-2-8-6-4-3-5-7-8;8-6-7-4-2-1-3-5-7/h2-7H,1H2;1-5H,6H2. The minimum absolute atomic E-state index is 0.612. The maximum atomic E-state index is 5.53. The molecule has 0 saturated heterocycles. The third-order valence-corrected chi connectivity index (χ3v) is 2.34. The Morgan fingerprint density at radius 2 is 1.38 bits per heavy atom. The van der Waals surface area contributed by atoms with Crippen molar-refractivity contribution in [2.45, 2.75) is 5.88 Å². The zero-order valence-corrected chi connectivity index (χ0v) is 9.90. The lowest BCUT2D eigenvalue weighted by Crippen LogP contribution is -1.71. The van der Waals surface area contributed by atoms with Crippen molar-refractivity contribution in [1.82, 2.24) is 0 Å². The summed E-state index contributed by atoms with van der Waals surface area (Å²) >= 11 is 5.53. The van der Waals surface area contributed by atoms with E-state index in [2.05, 4.69) is 6.58 Å². The normalized spacial score (nSPS) is 8.81. The van der Waals surface area contributed by atoms with Gasteiger partial charge in [0.15, 0.2) is 0 Å². The second-order valence-electron chi connectivity index (χ2n) is 3.23. The van der Waals surface area contributed by atoms with Crippen molar-refractivity contribution in [3.8, 4) is 0 Å². The highest BCUT2D eigenvalue weighted by Crippen LogP contribution is 2.00. The molecule has 0 unspecified atom stereocenters. The minimum atomic E-state index is 0.612. The summed E-state index contributed by atoms with van der Waals surface area (Å²) in [5.74, 6) is 0.612. The summed E-state index contributed by atoms with van der Waals surface area (Å²) in [6, 6.07) is 20.0. The molecule has 82 valence electrons. The van der Waals surface area contributed by atoms with Gasteiger partial charge in [0.25, 0.3) is 0 Å². The lowest BCUT2D eigenvalue weighted by atomic mass is 10.2. The van der Waals surface area contributed by atoms with E-state index in [4.69, 9.17) is 11.6 Å². The number of hydrogen-bond donors (Lipinski definition) is 0. The fourth-order valence-electron chi connectivity index (χ4n) is 1.16. The van der Waals surface area contributed by atoms with Crippen LogP contribution in [0.3, 0.4) is 0 Å². The Kier molecular flexibility index (Phi) is 6.05. The summed E-state index contributed by atoms with van der Waals surface area (Å²) in [7, 11) is 0. The quantitative estimate of drug-likeness (QED) is 0.653. The largest absolute Gasteiger partial charge is 0.122 e. The summed E-state index contributed by atoms with van der Waals surface area (Å²) in [5, 5.41) is 0. The first kappa shape index (κ1) is 12.5. The molecule has 0 saturated carbocycles. The van der Waals surface area contributed by atoms with Crippen LogP contribution >= 0.6 is 11.6 Å². The van der Waals surface area contributed by atoms with Crippen molar-refractivity contribution in [3.05, 3.63) is 78.4 Å². The Hall–Kier alpha value is -1.53. The van der Waals surface area contributed by atoms with Crippen molar-refractivity contribution in [3.63, 3.8) is 0 Å². The summed E-state index contributed by atoms with van der Waals surface area (Å²) in [6.07, 6.45) is 1.83. The van der Waals surface area contributed by atoms with Crippen LogP contribution < -0.4 is 0 Å². The molecule has 2 rings (SSSR count). The summed E-state index contributed by atoms with van der Waals surface area (Å²) in [5.41, 5.74) is 2.35. The Morgan fingerprint density at radius 3 is 1.69 bits per heavy atom. The molecule has 0 spiro atoms. The predicted octanol–water partition coefficient (Wildman–Crippen LogP) is 4.76. The lowest BCUT2D eigenvalue weighted by Gasteiger charge is -1.88. The zero-order valence-electron chi connectivity index (χ0n) is 9.14. The van der Waals surface area contributed by atoms with Crippen LogP contribution in [0.15, 0.2) is 67.2 Å². The van der Waals surface area contributed by atoms with Crippen molar-refractivity contribution in [1.29, 1.82) is 0 Å². The molecule has 0 bridgehead atoms. The molecule has 2 aromatic rings. The molecule has 0 fully saturated rings. The van der Waals surface area contributed by atoms with E-state index >= 15 is 0 Å². The highest BCUT2D eigenvalue weighted by Gasteiger charge is 1.81. The molecule has 0 aliphatic carbocycles. The number of rotatable bonds is 2. The van der Waals surface area contributed by atoms with E-state index in [0.29, 0.717) is 5.88 Å². The topological polar surface area (TPSA) is 0 Å². The second-order valence-corrected chi connectivity index (χ2v) is 3.50. The SMILES string of the molecule is C=Cc1ccccc1.ClCc1ccccc1. The van der Waals surface area contributed by atoms with Gasteiger partial charge in [0.1, 0.15) is 0 Å². The lowest BCUT2D eigenvalue weighted by molar-refractivity contribution is 1.41. The molecule has 0 radical (unpaired) electrons. The van der Waals surface area contributed by atoms with Crippen molar-refractivity contribution in [2.24, 2.45) is 0 Å². The van der Waals surface area contributed by atoms with Crippen LogP contribution in [0.4, 0.5) is 0 Å². The average Bonchev–Trinajstić information content (AvgIpc) is 2.41. The minimum Gasteiger partial charge on any atom is -0.122 e. The predicted molar refractivity (Wildman–Crippen MR) is 72.5 cm³/mol. The summed E-state index contributed by atoms with van der Waals surface area (Å²) in [4.78, 5) is 0. The first-order valence-electron chi connectivity index (χ1n) is 5.14. The Labute approximate surface area is 102 Å². The second kappa shape index (κ2) is 7.72. The third-order valence-electron chi connectivity index (χ3n) is 2.03. The van der Waals surface area contributed by atoms with Crippen molar-refractivity contribution in [2.75, 3.05) is 0 Å². The molecule has 0 atom stereocenters. The van der Waals surface area contributed by atoms with Gasteiger partial charge in [-0.25, -0.2) is 0 Å². The smallest absolute Gasteiger partial charge is 0.0474 e. The van der Waals surface area contributed by atoms with E-state index in [1.807, 2.05) is 66.7 Å². The van der Waals surface area contributed by atoms with Crippen LogP contribution in [0.1, 0.15) is 11.1 Å². The molecular formula is C15H15Cl. The summed E-state index contributed by atoms with van der Waals surface area (Å²) in [6.45, 7) is 3.63. The van der Waals surface area contributed by atoms with Crippen LogP contribution in [-0.2, 0) is 5.88 Å². The van der Waals surface area contributed by atoms with Crippen LogP contribution in [0.5, 0.6) is 0 Å². The Bertz CT molecular complexity index is 392. The molecule has 0 amide bonds. The van der Waals surface area contributed by atoms with Crippen LogP contribution in [0.2, 0.25) is 0 Å². The molecule has 0 heterocycles. The number of benzene rings is 2. The fourth-order valence-corrected chi connectivity index (χ4v) is 1.33. The first-order valence-corrected chi connectivity index (χ1v) is 5.67. The Balaban J connectivity index is 0.000000160. The Morgan fingerprint density at radius 1 is 0.875 bits per heavy atom. The maximum Gasteiger partial charge on any atom is 0.0474 e. The number of hydrogen-bond acceptors (Lipinski definition) is 0. The van der Waals surface area contributed by atoms with Crippen molar-refractivity contribution < 1.29 is 0 Å². The van der Waals surface area contributed by atoms with Crippen molar-refractivity contribution >= 4 is 17.7 Å². The monoisotopic (exact) mass is 230 g/mol. The van der Waals surface area contributed by atoms with Gasteiger partial charge >= 0.3 is 0 Å². The molecule has 2 aromatic carbocycles. The van der Waals surface area contributed by atoms with Gasteiger partial charge < -0.3 is 0 Å². The van der Waals surface area contributed by atoms with Gasteiger partial charge in [-0.05, 0) is 11.1 Å². The van der Waals surface area contributed by atoms with Gasteiger partial charge in [0.2, 0.25) is 0 Å². The van der Waals surface area contributed by atoms with E-state index in [1.165, 1.54) is 11.1 Å². The average molecular weight is 231 g/mol. The molecule has 0 aromatic heterocycles. The van der Waals surface area contributed by atoms with Gasteiger partial charge in [0.05, 0.1) is 0 Å². The molecule has 0 aliphatic heterocycles. The first-order chi connectivity index (χ1) is 7.86. The van der Waals surface area contributed by atoms with Gasteiger partial charge in [-0.15, -0.1) is 11.6 Å². The highest BCUT2D eigenvalue weighted by atomic mass is 35.5. The zero-order chi connectivity index (χ0) is 11.6. The molecule has 0 aliphatic rings. The summed E-state index contributed by atoms with van der Waals surface area (Å²) < 4.78 is 0. The van der Waals surface area contributed by atoms with Gasteiger partial charge in [-0.2, -0.15) is 0 Å². The van der Waals surface area contributed by atoms with Gasteiger partial charge in [-0.1, -0.05) is 73.3 Å². The molecule has 0 nitrogen and oxygen atoms in total. The van der Waals surface area contributed by atoms with Crippen LogP contribution in [-0.4, -0.2) is 0 Å². The van der Waals surface area contributed by atoms with Crippen LogP contribution in [0, 0.1) is 0 Å². The van der Waals surface area contributed by atoms with Gasteiger partial charge in [-0.3, -0.25) is 0 Å². The number of alkyl halides is 1. The van der Waals surface area contributed by atoms with Crippen LogP contribution in [0.25, 0.3) is 6.08 Å². The van der Waals surface area contributed by atoms with Gasteiger partial charge in [0, 0.05) is 5.88 Å². The third kappa shape index (κ3) is 4.81. The van der Waals surface area contributed by atoms with E-state index in [9.17, 15) is 0 Å². The van der Waals surface area contributed by atoms with E-state index in [0.717, 1.165) is 0 Å². The van der Waals surface area contributed by atoms with E-state index in [1.54, 1.807) is 0 Å².